The smallest absolute Gasteiger partial charge is 0.253 e. The molecule has 0 radical (unpaired) electrons. The number of hydrogen-bond donors (Lipinski definition) is 0. The van der Waals surface area contributed by atoms with E-state index in [0.717, 1.165) is 5.56 Å². The Bertz CT molecular complexity index is 419. The summed E-state index contributed by atoms with van der Waals surface area (Å²) in [5, 5.41) is 0. The number of amides is 2. The summed E-state index contributed by atoms with van der Waals surface area (Å²) < 4.78 is 0. The number of imide groups is 1. The molecule has 0 bridgehead atoms. The summed E-state index contributed by atoms with van der Waals surface area (Å²) in [6, 6.07) is 9.74. The predicted molar refractivity (Wildman–Crippen MR) is 60.6 cm³/mol. The first-order valence-electron chi connectivity index (χ1n) is 5.27. The molecule has 2 rings (SSSR count). The first kappa shape index (κ1) is 10.6. The Hall–Kier alpha value is -1.90. The second kappa shape index (κ2) is 4.31. The Morgan fingerprint density at radius 3 is 2.19 bits per heavy atom. The maximum Gasteiger partial charge on any atom is 0.253 e. The van der Waals surface area contributed by atoms with Crippen LogP contribution in [-0.4, -0.2) is 22.8 Å². The molecule has 0 spiro atoms. The molecule has 16 heavy (non-hydrogen) atoms. The van der Waals surface area contributed by atoms with Crippen molar-refractivity contribution in [3.8, 4) is 0 Å². The van der Waals surface area contributed by atoms with Gasteiger partial charge in [0.2, 0.25) is 0 Å². The van der Waals surface area contributed by atoms with E-state index in [1.165, 1.54) is 17.1 Å². The van der Waals surface area contributed by atoms with Gasteiger partial charge in [0.15, 0.2) is 0 Å². The van der Waals surface area contributed by atoms with Crippen molar-refractivity contribution in [3.05, 3.63) is 48.0 Å². The van der Waals surface area contributed by atoms with Gasteiger partial charge in [-0.05, 0) is 18.9 Å². The molecule has 1 aromatic rings. The first-order chi connectivity index (χ1) is 7.68. The molecule has 0 saturated carbocycles. The molecule has 0 aromatic heterocycles. The summed E-state index contributed by atoms with van der Waals surface area (Å²) in [5.74, 6) is -0.429. The maximum atomic E-state index is 11.4. The van der Waals surface area contributed by atoms with Crippen LogP contribution < -0.4 is 0 Å². The lowest BCUT2D eigenvalue weighted by atomic mass is 10.1. The van der Waals surface area contributed by atoms with Gasteiger partial charge in [0.05, 0.1) is 0 Å². The molecule has 1 aliphatic rings. The van der Waals surface area contributed by atoms with Crippen LogP contribution in [0.15, 0.2) is 42.5 Å². The van der Waals surface area contributed by atoms with Crippen molar-refractivity contribution >= 4 is 11.8 Å². The molecule has 0 saturated heterocycles. The molecule has 0 aliphatic carbocycles. The summed E-state index contributed by atoms with van der Waals surface area (Å²) in [7, 11) is 0. The minimum absolute atomic E-state index is 0.0996. The van der Waals surface area contributed by atoms with Crippen LogP contribution in [0.5, 0.6) is 0 Å². The fourth-order valence-corrected chi connectivity index (χ4v) is 1.89. The highest BCUT2D eigenvalue weighted by atomic mass is 16.2. The van der Waals surface area contributed by atoms with E-state index >= 15 is 0 Å². The number of benzene rings is 1. The highest BCUT2D eigenvalue weighted by molar-refractivity contribution is 6.13. The number of hydrogen-bond acceptors (Lipinski definition) is 2. The van der Waals surface area contributed by atoms with Crippen molar-refractivity contribution in [1.29, 1.82) is 0 Å². The Balaban J connectivity index is 2.07. The van der Waals surface area contributed by atoms with Crippen LogP contribution in [0.4, 0.5) is 0 Å². The van der Waals surface area contributed by atoms with Crippen LogP contribution in [0.3, 0.4) is 0 Å². The fourth-order valence-electron chi connectivity index (χ4n) is 1.89. The van der Waals surface area contributed by atoms with E-state index in [0.29, 0.717) is 6.42 Å². The van der Waals surface area contributed by atoms with E-state index in [2.05, 4.69) is 0 Å². The Morgan fingerprint density at radius 2 is 1.62 bits per heavy atom. The fraction of sp³-hybridized carbons (Fsp3) is 0.231. The van der Waals surface area contributed by atoms with Crippen molar-refractivity contribution in [1.82, 2.24) is 4.90 Å². The van der Waals surface area contributed by atoms with Crippen molar-refractivity contribution < 1.29 is 9.59 Å². The lowest BCUT2D eigenvalue weighted by molar-refractivity contribution is -0.139. The average Bonchev–Trinajstić information content (AvgIpc) is 2.60. The zero-order chi connectivity index (χ0) is 11.5. The van der Waals surface area contributed by atoms with E-state index in [1.807, 2.05) is 37.3 Å². The third-order valence-corrected chi connectivity index (χ3v) is 2.66. The van der Waals surface area contributed by atoms with Crippen molar-refractivity contribution in [2.24, 2.45) is 0 Å². The SMILES string of the molecule is C[C@@H](Cc1ccccc1)N1C(=O)C=CC1=O. The molecule has 0 unspecified atom stereocenters. The Morgan fingerprint density at radius 1 is 1.06 bits per heavy atom. The minimum Gasteiger partial charge on any atom is -0.272 e. The molecule has 1 atom stereocenters. The summed E-state index contributed by atoms with van der Waals surface area (Å²) in [4.78, 5) is 24.2. The van der Waals surface area contributed by atoms with E-state index in [-0.39, 0.29) is 17.9 Å². The van der Waals surface area contributed by atoms with Crippen LogP contribution in [0.25, 0.3) is 0 Å². The van der Waals surface area contributed by atoms with Crippen molar-refractivity contribution in [2.45, 2.75) is 19.4 Å². The van der Waals surface area contributed by atoms with Gasteiger partial charge in [-0.25, -0.2) is 0 Å². The van der Waals surface area contributed by atoms with Gasteiger partial charge in [0.1, 0.15) is 0 Å². The molecule has 1 heterocycles. The maximum absolute atomic E-state index is 11.4. The molecule has 2 amide bonds. The van der Waals surface area contributed by atoms with Gasteiger partial charge in [0, 0.05) is 18.2 Å². The molecule has 1 aliphatic heterocycles. The number of nitrogens with zero attached hydrogens (tertiary/aromatic N) is 1. The third-order valence-electron chi connectivity index (χ3n) is 2.66. The summed E-state index contributed by atoms with van der Waals surface area (Å²) in [6.07, 6.45) is 3.34. The van der Waals surface area contributed by atoms with E-state index in [4.69, 9.17) is 0 Å². The molecule has 0 fully saturated rings. The van der Waals surface area contributed by atoms with Crippen LogP contribution in [0, 0.1) is 0 Å². The molecular weight excluding hydrogens is 202 g/mol. The zero-order valence-corrected chi connectivity index (χ0v) is 9.09. The Kier molecular flexibility index (Phi) is 2.86. The van der Waals surface area contributed by atoms with Crippen LogP contribution in [0.2, 0.25) is 0 Å². The minimum atomic E-state index is -0.214. The topological polar surface area (TPSA) is 37.4 Å². The van der Waals surface area contributed by atoms with Gasteiger partial charge in [-0.15, -0.1) is 0 Å². The molecule has 82 valence electrons. The van der Waals surface area contributed by atoms with E-state index in [9.17, 15) is 9.59 Å². The molecule has 3 nitrogen and oxygen atoms in total. The van der Waals surface area contributed by atoms with Gasteiger partial charge in [-0.3, -0.25) is 14.5 Å². The first-order valence-corrected chi connectivity index (χ1v) is 5.27. The monoisotopic (exact) mass is 215 g/mol. The van der Waals surface area contributed by atoms with Crippen molar-refractivity contribution in [2.75, 3.05) is 0 Å². The summed E-state index contributed by atoms with van der Waals surface area (Å²) in [6.45, 7) is 1.88. The highest BCUT2D eigenvalue weighted by Gasteiger charge is 2.28. The van der Waals surface area contributed by atoms with E-state index in [1.54, 1.807) is 0 Å². The highest BCUT2D eigenvalue weighted by Crippen LogP contribution is 2.13. The van der Waals surface area contributed by atoms with Crippen LogP contribution >= 0.6 is 0 Å². The molecule has 3 heteroatoms. The summed E-state index contributed by atoms with van der Waals surface area (Å²) in [5.41, 5.74) is 1.13. The summed E-state index contributed by atoms with van der Waals surface area (Å²) >= 11 is 0. The van der Waals surface area contributed by atoms with Gasteiger partial charge in [-0.1, -0.05) is 30.3 Å². The molecular formula is C13H13NO2. The molecule has 1 aromatic carbocycles. The quantitative estimate of drug-likeness (QED) is 0.717. The Labute approximate surface area is 94.4 Å². The van der Waals surface area contributed by atoms with Gasteiger partial charge < -0.3 is 0 Å². The number of carbonyl (C=O) groups excluding carboxylic acids is 2. The van der Waals surface area contributed by atoms with Gasteiger partial charge >= 0.3 is 0 Å². The van der Waals surface area contributed by atoms with Gasteiger partial charge in [0.25, 0.3) is 11.8 Å². The predicted octanol–water partition coefficient (Wildman–Crippen LogP) is 1.54. The number of carbonyl (C=O) groups is 2. The second-order valence-corrected chi connectivity index (χ2v) is 3.92. The second-order valence-electron chi connectivity index (χ2n) is 3.92. The third kappa shape index (κ3) is 2.03. The number of rotatable bonds is 3. The zero-order valence-electron chi connectivity index (χ0n) is 9.09. The van der Waals surface area contributed by atoms with E-state index < -0.39 is 0 Å². The standard InChI is InChI=1S/C13H13NO2/c1-10(9-11-5-3-2-4-6-11)14-12(15)7-8-13(14)16/h2-8,10H,9H2,1H3/t10-/m0/s1. The lowest BCUT2D eigenvalue weighted by Gasteiger charge is -2.22. The van der Waals surface area contributed by atoms with Gasteiger partial charge in [-0.2, -0.15) is 0 Å². The lowest BCUT2D eigenvalue weighted by Crippen LogP contribution is -2.39. The van der Waals surface area contributed by atoms with Crippen LogP contribution in [0.1, 0.15) is 12.5 Å². The molecule has 0 N–H and O–H groups in total. The largest absolute Gasteiger partial charge is 0.272 e. The average molecular weight is 215 g/mol. The normalized spacial score (nSPS) is 16.9. The van der Waals surface area contributed by atoms with Crippen LogP contribution in [-0.2, 0) is 16.0 Å². The van der Waals surface area contributed by atoms with Crippen molar-refractivity contribution in [3.63, 3.8) is 0 Å².